The molecule has 3 rings (SSSR count). The first-order chi connectivity index (χ1) is 20.2. The molecule has 0 aliphatic heterocycles. The molecule has 11 heteroatoms. The minimum absolute atomic E-state index is 0. The third kappa shape index (κ3) is 10.7. The van der Waals surface area contributed by atoms with E-state index < -0.39 is 23.7 Å². The Labute approximate surface area is 256 Å². The number of alkyl halides is 3. The second-order valence-electron chi connectivity index (χ2n) is 9.98. The lowest BCUT2D eigenvalue weighted by molar-refractivity contribution is -0.137. The summed E-state index contributed by atoms with van der Waals surface area (Å²) in [5.74, 6) is -0.604. The SMILES string of the molecule is CCCN(CCC)C(=O)c1cccc(C(=O)N[C@@H](Cc2ccccc2)C(CNCc2cccc(C(F)(F)F)c2)=NO)c1.Cl. The highest BCUT2D eigenvalue weighted by Crippen LogP contribution is 2.29. The van der Waals surface area contributed by atoms with E-state index in [0.29, 0.717) is 30.6 Å². The number of carbonyl (C=O) groups excluding carboxylic acids is 2. The summed E-state index contributed by atoms with van der Waals surface area (Å²) < 4.78 is 39.3. The predicted octanol–water partition coefficient (Wildman–Crippen LogP) is 6.35. The van der Waals surface area contributed by atoms with Crippen LogP contribution in [0.5, 0.6) is 0 Å². The minimum Gasteiger partial charge on any atom is -0.411 e. The van der Waals surface area contributed by atoms with Crippen molar-refractivity contribution in [3.63, 3.8) is 0 Å². The van der Waals surface area contributed by atoms with Crippen LogP contribution in [0.1, 0.15) is 64.1 Å². The van der Waals surface area contributed by atoms with E-state index in [1.807, 2.05) is 44.2 Å². The maximum absolute atomic E-state index is 13.4. The van der Waals surface area contributed by atoms with Gasteiger partial charge in [-0.05, 0) is 54.7 Å². The Kier molecular flexibility index (Phi) is 14.2. The number of nitrogens with one attached hydrogen (secondary N) is 2. The molecule has 0 aromatic heterocycles. The highest BCUT2D eigenvalue weighted by atomic mass is 35.5. The zero-order chi connectivity index (χ0) is 30.5. The van der Waals surface area contributed by atoms with Gasteiger partial charge in [0.15, 0.2) is 0 Å². The van der Waals surface area contributed by atoms with Crippen molar-refractivity contribution in [3.8, 4) is 0 Å². The van der Waals surface area contributed by atoms with Crippen molar-refractivity contribution >= 4 is 29.9 Å². The lowest BCUT2D eigenvalue weighted by Gasteiger charge is -2.22. The number of rotatable bonds is 14. The van der Waals surface area contributed by atoms with Gasteiger partial charge in [-0.3, -0.25) is 9.59 Å². The van der Waals surface area contributed by atoms with Gasteiger partial charge in [0.25, 0.3) is 11.8 Å². The van der Waals surface area contributed by atoms with Crippen LogP contribution in [0.4, 0.5) is 13.2 Å². The normalized spacial score (nSPS) is 12.3. The Bertz CT molecular complexity index is 1350. The molecule has 0 fully saturated rings. The molecular weight excluding hydrogens is 581 g/mol. The number of carbonyl (C=O) groups is 2. The highest BCUT2D eigenvalue weighted by molar-refractivity contribution is 6.02. The number of benzene rings is 3. The summed E-state index contributed by atoms with van der Waals surface area (Å²) in [5.41, 5.74) is 1.42. The van der Waals surface area contributed by atoms with Crippen LogP contribution in [0.15, 0.2) is 84.0 Å². The van der Waals surface area contributed by atoms with E-state index >= 15 is 0 Å². The van der Waals surface area contributed by atoms with Crippen LogP contribution in [-0.4, -0.2) is 53.3 Å². The molecule has 0 saturated heterocycles. The largest absolute Gasteiger partial charge is 0.416 e. The number of amides is 2. The zero-order valence-electron chi connectivity index (χ0n) is 24.2. The van der Waals surface area contributed by atoms with Gasteiger partial charge in [-0.1, -0.05) is 73.6 Å². The van der Waals surface area contributed by atoms with Crippen LogP contribution in [0.3, 0.4) is 0 Å². The minimum atomic E-state index is -4.45. The van der Waals surface area contributed by atoms with E-state index in [1.165, 1.54) is 6.07 Å². The van der Waals surface area contributed by atoms with Crippen LogP contribution in [-0.2, 0) is 19.1 Å². The van der Waals surface area contributed by atoms with Gasteiger partial charge in [-0.2, -0.15) is 13.2 Å². The van der Waals surface area contributed by atoms with Crippen LogP contribution in [0.2, 0.25) is 0 Å². The van der Waals surface area contributed by atoms with E-state index in [0.717, 1.165) is 30.5 Å². The molecule has 0 radical (unpaired) electrons. The lowest BCUT2D eigenvalue weighted by Crippen LogP contribution is -2.46. The average molecular weight is 619 g/mol. The van der Waals surface area contributed by atoms with Gasteiger partial charge in [0.1, 0.15) is 0 Å². The Balaban J connectivity index is 0.00000645. The molecule has 0 bridgehead atoms. The molecule has 0 saturated carbocycles. The van der Waals surface area contributed by atoms with Crippen molar-refractivity contribution in [2.75, 3.05) is 19.6 Å². The maximum atomic E-state index is 13.4. The van der Waals surface area contributed by atoms with Gasteiger partial charge in [0, 0.05) is 37.3 Å². The molecule has 3 aromatic carbocycles. The van der Waals surface area contributed by atoms with Gasteiger partial charge in [-0.15, -0.1) is 12.4 Å². The van der Waals surface area contributed by atoms with E-state index in [9.17, 15) is 28.0 Å². The Morgan fingerprint density at radius 3 is 2.14 bits per heavy atom. The fourth-order valence-electron chi connectivity index (χ4n) is 4.60. The smallest absolute Gasteiger partial charge is 0.411 e. The molecule has 2 amide bonds. The van der Waals surface area contributed by atoms with Gasteiger partial charge in [-0.25, -0.2) is 0 Å². The average Bonchev–Trinajstić information content (AvgIpc) is 2.99. The Hall–Kier alpha value is -3.89. The summed E-state index contributed by atoms with van der Waals surface area (Å²) in [6, 6.07) is 20.0. The summed E-state index contributed by atoms with van der Waals surface area (Å²) in [6.07, 6.45) is -2.52. The molecule has 7 nitrogen and oxygen atoms in total. The maximum Gasteiger partial charge on any atom is 0.416 e. The van der Waals surface area contributed by atoms with Gasteiger partial charge in [0.2, 0.25) is 0 Å². The summed E-state index contributed by atoms with van der Waals surface area (Å²) in [5, 5.41) is 19.2. The fourth-order valence-corrected chi connectivity index (χ4v) is 4.60. The first-order valence-electron chi connectivity index (χ1n) is 14.0. The molecular formula is C32H38ClF3N4O3. The van der Waals surface area contributed by atoms with E-state index in [-0.39, 0.29) is 42.7 Å². The molecule has 0 spiro atoms. The number of halogens is 4. The van der Waals surface area contributed by atoms with Gasteiger partial charge in [0.05, 0.1) is 17.3 Å². The predicted molar refractivity (Wildman–Crippen MR) is 164 cm³/mol. The van der Waals surface area contributed by atoms with E-state index in [1.54, 1.807) is 35.2 Å². The Morgan fingerprint density at radius 2 is 1.51 bits per heavy atom. The van der Waals surface area contributed by atoms with Crippen LogP contribution in [0, 0.1) is 0 Å². The number of hydrogen-bond acceptors (Lipinski definition) is 5. The molecule has 232 valence electrons. The topological polar surface area (TPSA) is 94.0 Å². The number of nitrogens with zero attached hydrogens (tertiary/aromatic N) is 2. The van der Waals surface area contributed by atoms with Crippen molar-refractivity contribution in [1.82, 2.24) is 15.5 Å². The lowest BCUT2D eigenvalue weighted by atomic mass is 10.0. The standard InChI is InChI=1S/C32H37F3N4O3.ClH/c1-3-16-39(17-4-2)31(41)26-14-9-13-25(20-26)30(40)37-28(19-23-10-6-5-7-11-23)29(38-42)22-36-21-24-12-8-15-27(18-24)32(33,34)35;/h5-15,18,20,28,36,42H,3-4,16-17,19,21-22H2,1-2H3,(H,37,40);1H/t28-;/m0./s1. The van der Waals surface area contributed by atoms with Crippen molar-refractivity contribution in [2.24, 2.45) is 5.16 Å². The fraction of sp³-hybridized carbons (Fsp3) is 0.344. The summed E-state index contributed by atoms with van der Waals surface area (Å²) in [4.78, 5) is 28.3. The third-order valence-electron chi connectivity index (χ3n) is 6.65. The highest BCUT2D eigenvalue weighted by Gasteiger charge is 2.30. The monoisotopic (exact) mass is 618 g/mol. The molecule has 43 heavy (non-hydrogen) atoms. The molecule has 0 unspecified atom stereocenters. The van der Waals surface area contributed by atoms with Gasteiger partial charge < -0.3 is 20.7 Å². The second-order valence-corrected chi connectivity index (χ2v) is 9.98. The second kappa shape index (κ2) is 17.3. The molecule has 0 aliphatic rings. The summed E-state index contributed by atoms with van der Waals surface area (Å²) in [7, 11) is 0. The van der Waals surface area contributed by atoms with Crippen molar-refractivity contribution < 1.29 is 28.0 Å². The number of hydrogen-bond donors (Lipinski definition) is 3. The molecule has 0 heterocycles. The van der Waals surface area contributed by atoms with Crippen molar-refractivity contribution in [3.05, 3.63) is 107 Å². The van der Waals surface area contributed by atoms with E-state index in [4.69, 9.17) is 0 Å². The molecule has 3 N–H and O–H groups in total. The van der Waals surface area contributed by atoms with Crippen LogP contribution in [0.25, 0.3) is 0 Å². The quantitative estimate of drug-likeness (QED) is 0.111. The zero-order valence-corrected chi connectivity index (χ0v) is 25.0. The summed E-state index contributed by atoms with van der Waals surface area (Å²) >= 11 is 0. The van der Waals surface area contributed by atoms with Crippen LogP contribution >= 0.6 is 12.4 Å². The van der Waals surface area contributed by atoms with Crippen LogP contribution < -0.4 is 10.6 Å². The van der Waals surface area contributed by atoms with E-state index in [2.05, 4.69) is 15.8 Å². The third-order valence-corrected chi connectivity index (χ3v) is 6.65. The van der Waals surface area contributed by atoms with Gasteiger partial charge >= 0.3 is 6.18 Å². The van der Waals surface area contributed by atoms with Crippen molar-refractivity contribution in [1.29, 1.82) is 0 Å². The van der Waals surface area contributed by atoms with Crippen molar-refractivity contribution in [2.45, 2.75) is 51.9 Å². The Morgan fingerprint density at radius 1 is 0.884 bits per heavy atom. The first kappa shape index (κ1) is 35.3. The first-order valence-corrected chi connectivity index (χ1v) is 14.0. The summed E-state index contributed by atoms with van der Waals surface area (Å²) in [6.45, 7) is 5.33. The molecule has 1 atom stereocenters. The molecule has 0 aliphatic carbocycles. The number of oxime groups is 1. The molecule has 3 aromatic rings.